The molecule has 1 aromatic heterocycles. The van der Waals surface area contributed by atoms with E-state index < -0.39 is 0 Å². The fourth-order valence-corrected chi connectivity index (χ4v) is 4.72. The molecule has 0 aliphatic heterocycles. The van der Waals surface area contributed by atoms with E-state index in [-0.39, 0.29) is 24.1 Å². The fourth-order valence-electron chi connectivity index (χ4n) is 4.41. The normalized spacial score (nSPS) is 11.9. The number of phenolic OH excluding ortho intramolecular Hbond substituents is 1. The number of para-hydroxylation sites is 3. The third-order valence-corrected chi connectivity index (χ3v) is 6.85. The molecular weight excluding hydrogens is 490 g/mol. The van der Waals surface area contributed by atoms with Crippen LogP contribution in [0.4, 0.5) is 0 Å². The van der Waals surface area contributed by atoms with E-state index in [0.717, 1.165) is 22.2 Å². The van der Waals surface area contributed by atoms with Crippen LogP contribution in [0.15, 0.2) is 60.7 Å². The smallest absolute Gasteiger partial charge is 0.241 e. The number of carbonyl (C=O) groups is 1. The number of hydrogen-bond donors (Lipinski definition) is 1. The maximum absolute atomic E-state index is 12.7. The van der Waals surface area contributed by atoms with Crippen LogP contribution < -0.4 is 14.8 Å². The molecule has 37 heavy (non-hydrogen) atoms. The van der Waals surface area contributed by atoms with Gasteiger partial charge in [0.2, 0.25) is 5.91 Å². The maximum Gasteiger partial charge on any atom is 0.241 e. The molecule has 1 unspecified atom stereocenters. The first-order valence-electron chi connectivity index (χ1n) is 12.2. The van der Waals surface area contributed by atoms with Crippen LogP contribution in [-0.2, 0) is 24.3 Å². The molecule has 0 spiro atoms. The lowest BCUT2D eigenvalue weighted by atomic mass is 9.96. The Balaban J connectivity index is 1.37. The molecule has 0 saturated heterocycles. The lowest BCUT2D eigenvalue weighted by Crippen LogP contribution is -2.19. The highest BCUT2D eigenvalue weighted by Crippen LogP contribution is 2.38. The zero-order valence-electron chi connectivity index (χ0n) is 21.3. The number of phenols is 1. The van der Waals surface area contributed by atoms with Crippen molar-refractivity contribution >= 4 is 28.5 Å². The summed E-state index contributed by atoms with van der Waals surface area (Å²) in [7, 11) is 3.14. The van der Waals surface area contributed by atoms with Gasteiger partial charge in [-0.1, -0.05) is 54.9 Å². The summed E-state index contributed by atoms with van der Waals surface area (Å²) in [4.78, 5) is 17.4. The second-order valence-electron chi connectivity index (χ2n) is 9.06. The van der Waals surface area contributed by atoms with Gasteiger partial charge in [0.1, 0.15) is 18.1 Å². The predicted molar refractivity (Wildman–Crippen MR) is 144 cm³/mol. The molecule has 1 amide bonds. The topological polar surface area (TPSA) is 87.7 Å². The summed E-state index contributed by atoms with van der Waals surface area (Å²) in [5.74, 6) is 2.08. The molecule has 8 heteroatoms. The Kier molecular flexibility index (Phi) is 8.56. The van der Waals surface area contributed by atoms with E-state index >= 15 is 0 Å². The lowest BCUT2D eigenvalue weighted by molar-refractivity contribution is -0.121. The van der Waals surface area contributed by atoms with E-state index in [1.807, 2.05) is 53.1 Å². The second-order valence-corrected chi connectivity index (χ2v) is 9.44. The van der Waals surface area contributed by atoms with Crippen molar-refractivity contribution in [1.82, 2.24) is 14.9 Å². The first kappa shape index (κ1) is 26.4. The molecule has 0 bridgehead atoms. The van der Waals surface area contributed by atoms with Crippen LogP contribution in [0.5, 0.6) is 17.2 Å². The number of nitrogens with zero attached hydrogens (tertiary/aromatic N) is 3. The van der Waals surface area contributed by atoms with E-state index in [1.165, 1.54) is 0 Å². The van der Waals surface area contributed by atoms with Crippen molar-refractivity contribution in [2.75, 3.05) is 14.2 Å². The Bertz CT molecular complexity index is 1390. The first-order chi connectivity index (χ1) is 17.9. The average molecular weight is 521 g/mol. The largest absolute Gasteiger partial charge is 0.508 e. The molecule has 4 aromatic rings. The number of aromatic hydroxyl groups is 1. The summed E-state index contributed by atoms with van der Waals surface area (Å²) in [6.45, 7) is 2.71. The summed E-state index contributed by atoms with van der Waals surface area (Å²) in [6.07, 6.45) is 1.73. The van der Waals surface area contributed by atoms with Gasteiger partial charge in [0.05, 0.1) is 36.8 Å². The number of fused-ring (bicyclic) bond motifs is 1. The van der Waals surface area contributed by atoms with Crippen LogP contribution >= 0.6 is 11.6 Å². The highest BCUT2D eigenvalue weighted by atomic mass is 35.5. The zero-order valence-corrected chi connectivity index (χ0v) is 22.0. The number of carbonyl (C=O) groups excluding carboxylic acids is 1. The Labute approximate surface area is 222 Å². The van der Waals surface area contributed by atoms with Crippen molar-refractivity contribution in [1.29, 1.82) is 0 Å². The Morgan fingerprint density at radius 3 is 2.57 bits per heavy atom. The van der Waals surface area contributed by atoms with Crippen LogP contribution in [-0.4, -0.2) is 34.8 Å². The molecule has 1 radical (unpaired) electrons. The minimum Gasteiger partial charge on any atom is -0.508 e. The summed E-state index contributed by atoms with van der Waals surface area (Å²) in [5.41, 5.74) is 3.50. The van der Waals surface area contributed by atoms with Crippen molar-refractivity contribution in [2.24, 2.45) is 5.92 Å². The molecule has 1 atom stereocenters. The van der Waals surface area contributed by atoms with E-state index in [9.17, 15) is 9.90 Å². The predicted octanol–water partition coefficient (Wildman–Crippen LogP) is 5.75. The Hall–Kier alpha value is -3.71. The molecule has 7 nitrogen and oxygen atoms in total. The van der Waals surface area contributed by atoms with Crippen LogP contribution in [0.2, 0.25) is 5.02 Å². The SMILES string of the molecule is COc1ccc(CC(C)CCC(=O)[N]Cc2nc3ccccc3n2Cc2ccccc2O)c(Cl)c1OC. The molecule has 0 saturated carbocycles. The highest BCUT2D eigenvalue weighted by Gasteiger charge is 2.17. The minimum atomic E-state index is -0.161. The van der Waals surface area contributed by atoms with E-state index in [4.69, 9.17) is 26.1 Å². The molecule has 0 aliphatic carbocycles. The van der Waals surface area contributed by atoms with Crippen molar-refractivity contribution in [3.63, 3.8) is 0 Å². The third kappa shape index (κ3) is 6.17. The maximum atomic E-state index is 12.7. The van der Waals surface area contributed by atoms with Gasteiger partial charge in [-0.25, -0.2) is 10.3 Å². The monoisotopic (exact) mass is 520 g/mol. The van der Waals surface area contributed by atoms with Crippen LogP contribution in [0.3, 0.4) is 0 Å². The number of rotatable bonds is 11. The number of benzene rings is 3. The Morgan fingerprint density at radius 2 is 1.81 bits per heavy atom. The second kappa shape index (κ2) is 12.0. The van der Waals surface area contributed by atoms with E-state index in [1.54, 1.807) is 26.4 Å². The quantitative estimate of drug-likeness (QED) is 0.272. The van der Waals surface area contributed by atoms with E-state index in [2.05, 4.69) is 12.2 Å². The van der Waals surface area contributed by atoms with E-state index in [0.29, 0.717) is 48.2 Å². The molecule has 3 aromatic carbocycles. The minimum absolute atomic E-state index is 0.161. The third-order valence-electron chi connectivity index (χ3n) is 6.43. The van der Waals surface area contributed by atoms with Crippen molar-refractivity contribution in [3.05, 3.63) is 82.6 Å². The van der Waals surface area contributed by atoms with Crippen LogP contribution in [0, 0.1) is 5.92 Å². The average Bonchev–Trinajstić information content (AvgIpc) is 3.25. The number of amides is 1. The molecule has 4 rings (SSSR count). The van der Waals surface area contributed by atoms with Gasteiger partial charge in [0, 0.05) is 12.0 Å². The van der Waals surface area contributed by atoms with Gasteiger partial charge in [-0.2, -0.15) is 0 Å². The molecule has 1 heterocycles. The van der Waals surface area contributed by atoms with Crippen LogP contribution in [0.25, 0.3) is 11.0 Å². The number of halogens is 1. The van der Waals surface area contributed by atoms with Crippen molar-refractivity contribution in [3.8, 4) is 17.2 Å². The summed E-state index contributed by atoms with van der Waals surface area (Å²) >= 11 is 6.52. The van der Waals surface area contributed by atoms with Gasteiger partial charge in [0.15, 0.2) is 11.5 Å². The number of hydrogen-bond acceptors (Lipinski definition) is 5. The van der Waals surface area contributed by atoms with Crippen molar-refractivity contribution in [2.45, 2.75) is 39.3 Å². The first-order valence-corrected chi connectivity index (χ1v) is 12.6. The Morgan fingerprint density at radius 1 is 1.05 bits per heavy atom. The number of aromatic nitrogens is 2. The molecule has 1 N–H and O–H groups in total. The van der Waals surface area contributed by atoms with Crippen LogP contribution in [0.1, 0.15) is 36.7 Å². The highest BCUT2D eigenvalue weighted by molar-refractivity contribution is 6.33. The van der Waals surface area contributed by atoms with Gasteiger partial charge < -0.3 is 19.1 Å². The summed E-state index contributed by atoms with van der Waals surface area (Å²) in [5, 5.41) is 15.1. The number of imidazole rings is 1. The molecule has 0 fully saturated rings. The lowest BCUT2D eigenvalue weighted by Gasteiger charge is -2.16. The fraction of sp³-hybridized carbons (Fsp3) is 0.310. The zero-order chi connectivity index (χ0) is 26.4. The number of ether oxygens (including phenoxy) is 2. The standard InChI is InChI=1S/C29H31ClN3O4/c1-19(16-20-13-14-25(36-2)29(37-3)28(20)30)12-15-27(35)31-17-26-32-22-9-5-6-10-23(22)33(26)18-21-8-4-7-11-24(21)34/h4-11,13-14,19,34H,12,15-18H2,1-3H3. The number of methoxy groups -OCH3 is 2. The van der Waals surface area contributed by atoms with Crippen molar-refractivity contribution < 1.29 is 19.4 Å². The summed E-state index contributed by atoms with van der Waals surface area (Å²) in [6, 6.07) is 18.8. The summed E-state index contributed by atoms with van der Waals surface area (Å²) < 4.78 is 12.7. The van der Waals surface area contributed by atoms with Gasteiger partial charge in [-0.15, -0.1) is 0 Å². The molecular formula is C29H31ClN3O4. The van der Waals surface area contributed by atoms with Gasteiger partial charge in [-0.3, -0.25) is 4.79 Å². The van der Waals surface area contributed by atoms with Gasteiger partial charge >= 0.3 is 0 Å². The van der Waals surface area contributed by atoms with Gasteiger partial charge in [-0.05, 0) is 48.6 Å². The molecule has 193 valence electrons. The molecule has 0 aliphatic rings. The van der Waals surface area contributed by atoms with Gasteiger partial charge in [0.25, 0.3) is 0 Å².